The highest BCUT2D eigenvalue weighted by Crippen LogP contribution is 2.15. The van der Waals surface area contributed by atoms with Crippen LogP contribution in [0.15, 0.2) is 29.8 Å². The third-order valence-electron chi connectivity index (χ3n) is 4.39. The summed E-state index contributed by atoms with van der Waals surface area (Å²) in [6, 6.07) is 5.07. The van der Waals surface area contributed by atoms with Crippen molar-refractivity contribution in [2.75, 3.05) is 34.5 Å². The van der Waals surface area contributed by atoms with Crippen LogP contribution in [-0.2, 0) is 38.1 Å². The zero-order valence-electron chi connectivity index (χ0n) is 18.7. The molecule has 0 aliphatic carbocycles. The third kappa shape index (κ3) is 7.53. The number of methoxy groups -OCH3 is 3. The number of hydrogen-bond acceptors (Lipinski definition) is 9. The molecule has 0 bridgehead atoms. The van der Waals surface area contributed by atoms with Gasteiger partial charge in [0.1, 0.15) is 12.5 Å². The van der Waals surface area contributed by atoms with E-state index in [1.54, 1.807) is 19.1 Å². The summed E-state index contributed by atoms with van der Waals surface area (Å²) in [6.45, 7) is 2.77. The lowest BCUT2D eigenvalue weighted by molar-refractivity contribution is -0.156. The lowest BCUT2D eigenvalue weighted by atomic mass is 10.1. The SMILES string of the molecule is CCOC(=O)CC(=O)N(C/C(=C\c1ccc(C(=O)OC)cc1)C(=O)OC)C(C)C(=O)OC. The second-order valence-electron chi connectivity index (χ2n) is 6.48. The van der Waals surface area contributed by atoms with Crippen molar-refractivity contribution in [3.05, 3.63) is 41.0 Å². The van der Waals surface area contributed by atoms with Crippen LogP contribution in [-0.4, -0.2) is 75.2 Å². The number of carbonyl (C=O) groups excluding carboxylic acids is 5. The summed E-state index contributed by atoms with van der Waals surface area (Å²) in [6.07, 6.45) is 0.832. The molecule has 0 aliphatic heterocycles. The second-order valence-corrected chi connectivity index (χ2v) is 6.48. The molecule has 10 heteroatoms. The lowest BCUT2D eigenvalue weighted by Crippen LogP contribution is -2.46. The first-order valence-electron chi connectivity index (χ1n) is 9.68. The molecule has 0 saturated heterocycles. The van der Waals surface area contributed by atoms with E-state index in [2.05, 4.69) is 4.74 Å². The summed E-state index contributed by atoms with van der Waals surface area (Å²) in [5, 5.41) is 0. The van der Waals surface area contributed by atoms with Crippen molar-refractivity contribution in [1.82, 2.24) is 4.90 Å². The Morgan fingerprint density at radius 2 is 1.59 bits per heavy atom. The number of carbonyl (C=O) groups is 5. The molecule has 1 unspecified atom stereocenters. The van der Waals surface area contributed by atoms with Crippen molar-refractivity contribution in [3.8, 4) is 0 Å². The molecule has 0 saturated carbocycles. The van der Waals surface area contributed by atoms with Crippen LogP contribution in [0.5, 0.6) is 0 Å². The van der Waals surface area contributed by atoms with Gasteiger partial charge < -0.3 is 23.8 Å². The molecule has 32 heavy (non-hydrogen) atoms. The summed E-state index contributed by atoms with van der Waals surface area (Å²) >= 11 is 0. The summed E-state index contributed by atoms with van der Waals surface area (Å²) in [7, 11) is 3.59. The highest BCUT2D eigenvalue weighted by atomic mass is 16.5. The molecule has 0 heterocycles. The highest BCUT2D eigenvalue weighted by Gasteiger charge is 2.30. The minimum atomic E-state index is -1.09. The van der Waals surface area contributed by atoms with E-state index < -0.39 is 42.2 Å². The average molecular weight is 449 g/mol. The van der Waals surface area contributed by atoms with Gasteiger partial charge in [-0.2, -0.15) is 0 Å². The number of hydrogen-bond donors (Lipinski definition) is 0. The van der Waals surface area contributed by atoms with Crippen molar-refractivity contribution in [3.63, 3.8) is 0 Å². The predicted octanol–water partition coefficient (Wildman–Crippen LogP) is 1.37. The van der Waals surface area contributed by atoms with Crippen LogP contribution in [0.1, 0.15) is 36.2 Å². The van der Waals surface area contributed by atoms with Crippen molar-refractivity contribution >= 4 is 35.9 Å². The molecule has 174 valence electrons. The van der Waals surface area contributed by atoms with E-state index in [4.69, 9.17) is 14.2 Å². The van der Waals surface area contributed by atoms with E-state index in [0.717, 1.165) is 12.0 Å². The van der Waals surface area contributed by atoms with Crippen LogP contribution in [0, 0.1) is 0 Å². The van der Waals surface area contributed by atoms with Crippen LogP contribution in [0.4, 0.5) is 0 Å². The zero-order valence-corrected chi connectivity index (χ0v) is 18.7. The first kappa shape index (κ1) is 26.3. The molecule has 1 rings (SSSR count). The van der Waals surface area contributed by atoms with E-state index >= 15 is 0 Å². The maximum atomic E-state index is 12.7. The fourth-order valence-electron chi connectivity index (χ4n) is 2.69. The molecule has 1 aromatic carbocycles. The molecule has 0 N–H and O–H groups in total. The Bertz CT molecular complexity index is 874. The largest absolute Gasteiger partial charge is 0.467 e. The first-order chi connectivity index (χ1) is 15.2. The average Bonchev–Trinajstić information content (AvgIpc) is 2.79. The van der Waals surface area contributed by atoms with Gasteiger partial charge in [0.15, 0.2) is 0 Å². The van der Waals surface area contributed by atoms with E-state index in [0.29, 0.717) is 11.1 Å². The molecule has 0 spiro atoms. The van der Waals surface area contributed by atoms with Crippen molar-refractivity contribution in [2.24, 2.45) is 0 Å². The van der Waals surface area contributed by atoms with Gasteiger partial charge in [-0.05, 0) is 37.6 Å². The summed E-state index contributed by atoms with van der Waals surface area (Å²) < 4.78 is 18.9. The fraction of sp³-hybridized carbons (Fsp3) is 0.409. The Morgan fingerprint density at radius 1 is 0.969 bits per heavy atom. The van der Waals surface area contributed by atoms with Crippen LogP contribution in [0.25, 0.3) is 6.08 Å². The van der Waals surface area contributed by atoms with Gasteiger partial charge in [-0.1, -0.05) is 12.1 Å². The minimum absolute atomic E-state index is 0.0336. The van der Waals surface area contributed by atoms with Gasteiger partial charge in [0.2, 0.25) is 5.91 Å². The maximum Gasteiger partial charge on any atom is 0.337 e. The van der Waals surface area contributed by atoms with Gasteiger partial charge in [0.25, 0.3) is 0 Å². The number of benzene rings is 1. The molecule has 1 amide bonds. The maximum absolute atomic E-state index is 12.7. The van der Waals surface area contributed by atoms with Gasteiger partial charge in [0.05, 0.1) is 45.6 Å². The molecule has 1 atom stereocenters. The van der Waals surface area contributed by atoms with Crippen LogP contribution >= 0.6 is 0 Å². The molecule has 0 aliphatic rings. The lowest BCUT2D eigenvalue weighted by Gasteiger charge is -2.27. The monoisotopic (exact) mass is 449 g/mol. The number of ether oxygens (including phenoxy) is 4. The Balaban J connectivity index is 3.28. The van der Waals surface area contributed by atoms with Crippen LogP contribution in [0.2, 0.25) is 0 Å². The van der Waals surface area contributed by atoms with Gasteiger partial charge >= 0.3 is 23.9 Å². The smallest absolute Gasteiger partial charge is 0.337 e. The van der Waals surface area contributed by atoms with E-state index in [1.807, 2.05) is 0 Å². The van der Waals surface area contributed by atoms with Gasteiger partial charge in [0, 0.05) is 0 Å². The quantitative estimate of drug-likeness (QED) is 0.225. The van der Waals surface area contributed by atoms with E-state index in [9.17, 15) is 24.0 Å². The Hall–Kier alpha value is -3.69. The molecular weight excluding hydrogens is 422 g/mol. The van der Waals surface area contributed by atoms with Crippen molar-refractivity contribution in [1.29, 1.82) is 0 Å². The van der Waals surface area contributed by atoms with Gasteiger partial charge in [-0.15, -0.1) is 0 Å². The standard InChI is InChI=1S/C22H27NO9/c1-6-32-19(25)12-18(24)23(14(2)20(26)29-3)13-17(22(28)31-5)11-15-7-9-16(10-8-15)21(27)30-4/h7-11,14H,6,12-13H2,1-5H3/b17-11+. The van der Waals surface area contributed by atoms with Crippen LogP contribution < -0.4 is 0 Å². The number of nitrogens with zero attached hydrogens (tertiary/aromatic N) is 1. The van der Waals surface area contributed by atoms with Crippen molar-refractivity contribution < 1.29 is 42.9 Å². The number of rotatable bonds is 10. The Morgan fingerprint density at radius 3 is 2.09 bits per heavy atom. The molecule has 0 fully saturated rings. The minimum Gasteiger partial charge on any atom is -0.467 e. The molecule has 0 aromatic heterocycles. The number of esters is 4. The second kappa shape index (κ2) is 12.9. The third-order valence-corrected chi connectivity index (χ3v) is 4.39. The van der Waals surface area contributed by atoms with Gasteiger partial charge in [-0.3, -0.25) is 9.59 Å². The van der Waals surface area contributed by atoms with E-state index in [1.165, 1.54) is 39.4 Å². The van der Waals surface area contributed by atoms with Crippen molar-refractivity contribution in [2.45, 2.75) is 26.3 Å². The summed E-state index contributed by atoms with van der Waals surface area (Å²) in [5.74, 6) is -3.47. The normalized spacial score (nSPS) is 11.7. The van der Waals surface area contributed by atoms with Gasteiger partial charge in [-0.25, -0.2) is 14.4 Å². The predicted molar refractivity (Wildman–Crippen MR) is 112 cm³/mol. The molecule has 10 nitrogen and oxygen atoms in total. The Labute approximate surface area is 186 Å². The summed E-state index contributed by atoms with van der Waals surface area (Å²) in [5.41, 5.74) is 0.877. The topological polar surface area (TPSA) is 126 Å². The highest BCUT2D eigenvalue weighted by molar-refractivity contribution is 5.99. The summed E-state index contributed by atoms with van der Waals surface area (Å²) in [4.78, 5) is 61.6. The molecule has 1 aromatic rings. The van der Waals surface area contributed by atoms with Crippen LogP contribution in [0.3, 0.4) is 0 Å². The Kier molecular flexibility index (Phi) is 10.6. The molecular formula is C22H27NO9. The first-order valence-corrected chi connectivity index (χ1v) is 9.68. The molecule has 0 radical (unpaired) electrons. The fourth-order valence-corrected chi connectivity index (χ4v) is 2.69. The zero-order chi connectivity index (χ0) is 24.3. The van der Waals surface area contributed by atoms with E-state index in [-0.39, 0.29) is 18.7 Å². The number of amides is 1.